The molecule has 0 radical (unpaired) electrons. The molecule has 2 aromatic heterocycles. The summed E-state index contributed by atoms with van der Waals surface area (Å²) in [6, 6.07) is 25.5. The van der Waals surface area contributed by atoms with Gasteiger partial charge in [-0.2, -0.15) is 0 Å². The van der Waals surface area contributed by atoms with Gasteiger partial charge in [-0.25, -0.2) is 0 Å². The molecule has 4 aromatic rings. The second-order valence-corrected chi connectivity index (χ2v) is 7.39. The van der Waals surface area contributed by atoms with Gasteiger partial charge in [0.2, 0.25) is 0 Å². The Morgan fingerprint density at radius 3 is 2.52 bits per heavy atom. The summed E-state index contributed by atoms with van der Waals surface area (Å²) in [5.41, 5.74) is 8.20. The molecule has 0 aliphatic carbocycles. The van der Waals surface area contributed by atoms with Gasteiger partial charge in [-0.1, -0.05) is 54.6 Å². The van der Waals surface area contributed by atoms with E-state index in [1.165, 1.54) is 27.9 Å². The van der Waals surface area contributed by atoms with Gasteiger partial charge in [0.1, 0.15) is 11.8 Å². The topological polar surface area (TPSA) is 28.8 Å². The minimum atomic E-state index is 0.210. The van der Waals surface area contributed by atoms with Crippen molar-refractivity contribution >= 4 is 23.0 Å². The highest BCUT2D eigenvalue weighted by atomic mass is 35.5. The molecule has 0 saturated heterocycles. The maximum Gasteiger partial charge on any atom is 0.130 e. The van der Waals surface area contributed by atoms with E-state index in [9.17, 15) is 0 Å². The lowest BCUT2D eigenvalue weighted by Crippen LogP contribution is -2.25. The Labute approximate surface area is 176 Å². The highest BCUT2D eigenvalue weighted by Crippen LogP contribution is 2.26. The van der Waals surface area contributed by atoms with Gasteiger partial charge < -0.3 is 9.72 Å². The zero-order valence-electron chi connectivity index (χ0n) is 16.7. The first kappa shape index (κ1) is 19.3. The third-order valence-electron chi connectivity index (χ3n) is 5.16. The minimum Gasteiger partial charge on any atom is -0.366 e. The lowest BCUT2D eigenvalue weighted by atomic mass is 9.95. The molecule has 0 unspecified atom stereocenters. The van der Waals surface area contributed by atoms with E-state index in [0.717, 1.165) is 17.0 Å². The van der Waals surface area contributed by atoms with Gasteiger partial charge in [-0.05, 0) is 54.3 Å². The molecule has 1 N–H and O–H groups in total. The number of amidine groups is 1. The van der Waals surface area contributed by atoms with Crippen molar-refractivity contribution in [2.75, 3.05) is 6.00 Å². The number of benzene rings is 2. The second-order valence-electron chi connectivity index (χ2n) is 7.15. The van der Waals surface area contributed by atoms with Crippen LogP contribution >= 0.6 is 11.6 Å². The predicted octanol–water partition coefficient (Wildman–Crippen LogP) is 5.96. The Balaban J connectivity index is 1.68. The molecule has 0 bridgehead atoms. The fourth-order valence-corrected chi connectivity index (χ4v) is 3.86. The first-order chi connectivity index (χ1) is 14.2. The van der Waals surface area contributed by atoms with Gasteiger partial charge in [-0.3, -0.25) is 4.99 Å². The van der Waals surface area contributed by atoms with E-state index in [-0.39, 0.29) is 6.00 Å². The van der Waals surface area contributed by atoms with Crippen LogP contribution in [0.3, 0.4) is 0 Å². The standard InChI is InChI=1S/C25H24ClN3/c1-18-8-6-13-23(21-10-4-3-5-11-21)24(18)25(28-17-26)27-15-20-14-22-12-7-9-19(2)29(22)16-20/h3-14,16H,15,17H2,1-2H3,(H,27,28). The average Bonchev–Trinajstić information content (AvgIpc) is 3.16. The van der Waals surface area contributed by atoms with Gasteiger partial charge in [0.05, 0.1) is 0 Å². The SMILES string of the molecule is Cc1cccc(-c2ccccc2)c1/C(=N\CCl)NCc1cc2cccc(C)n2c1. The number of aryl methyl sites for hydroxylation is 2. The summed E-state index contributed by atoms with van der Waals surface area (Å²) >= 11 is 6.03. The normalized spacial score (nSPS) is 11.8. The summed E-state index contributed by atoms with van der Waals surface area (Å²) in [7, 11) is 0. The number of hydrogen-bond donors (Lipinski definition) is 1. The molecule has 0 amide bonds. The van der Waals surface area contributed by atoms with E-state index in [1.807, 2.05) is 6.07 Å². The predicted molar refractivity (Wildman–Crippen MR) is 123 cm³/mol. The molecule has 29 heavy (non-hydrogen) atoms. The first-order valence-electron chi connectivity index (χ1n) is 9.73. The van der Waals surface area contributed by atoms with Crippen LogP contribution in [0.5, 0.6) is 0 Å². The van der Waals surface area contributed by atoms with E-state index in [1.54, 1.807) is 0 Å². The van der Waals surface area contributed by atoms with Crippen molar-refractivity contribution in [3.05, 3.63) is 101 Å². The van der Waals surface area contributed by atoms with E-state index in [2.05, 4.69) is 101 Å². The van der Waals surface area contributed by atoms with Crippen LogP contribution in [-0.4, -0.2) is 16.2 Å². The molecule has 146 valence electrons. The largest absolute Gasteiger partial charge is 0.366 e. The Hall–Kier alpha value is -3.04. The third kappa shape index (κ3) is 4.06. The van der Waals surface area contributed by atoms with E-state index < -0.39 is 0 Å². The number of halogens is 1. The third-order valence-corrected chi connectivity index (χ3v) is 5.28. The molecule has 0 aliphatic heterocycles. The number of nitrogens with one attached hydrogen (secondary N) is 1. The molecule has 0 spiro atoms. The Morgan fingerprint density at radius 2 is 1.76 bits per heavy atom. The zero-order chi connectivity index (χ0) is 20.2. The van der Waals surface area contributed by atoms with Crippen molar-refractivity contribution in [2.45, 2.75) is 20.4 Å². The smallest absolute Gasteiger partial charge is 0.130 e. The monoisotopic (exact) mass is 401 g/mol. The Morgan fingerprint density at radius 1 is 0.966 bits per heavy atom. The molecule has 0 saturated carbocycles. The van der Waals surface area contributed by atoms with E-state index in [4.69, 9.17) is 11.6 Å². The van der Waals surface area contributed by atoms with Gasteiger partial charge in [-0.15, -0.1) is 11.6 Å². The van der Waals surface area contributed by atoms with Crippen molar-refractivity contribution in [3.8, 4) is 11.1 Å². The molecule has 0 atom stereocenters. The average molecular weight is 402 g/mol. The molecule has 2 aromatic carbocycles. The number of hydrogen-bond acceptors (Lipinski definition) is 1. The summed E-state index contributed by atoms with van der Waals surface area (Å²) in [6.45, 7) is 4.91. The highest BCUT2D eigenvalue weighted by molar-refractivity contribution is 6.19. The zero-order valence-corrected chi connectivity index (χ0v) is 17.4. The summed E-state index contributed by atoms with van der Waals surface area (Å²) in [5, 5.41) is 3.54. The number of rotatable bonds is 5. The number of pyridine rings is 1. The summed E-state index contributed by atoms with van der Waals surface area (Å²) in [6.07, 6.45) is 2.17. The van der Waals surface area contributed by atoms with Gasteiger partial charge in [0, 0.05) is 29.5 Å². The lowest BCUT2D eigenvalue weighted by molar-refractivity contribution is 0.906. The first-order valence-corrected chi connectivity index (χ1v) is 10.3. The molecular formula is C25H24ClN3. The fraction of sp³-hybridized carbons (Fsp3) is 0.160. The molecule has 4 rings (SSSR count). The van der Waals surface area contributed by atoms with Crippen LogP contribution < -0.4 is 5.32 Å². The quantitative estimate of drug-likeness (QED) is 0.190. The highest BCUT2D eigenvalue weighted by Gasteiger charge is 2.14. The van der Waals surface area contributed by atoms with Gasteiger partial charge in [0.15, 0.2) is 0 Å². The lowest BCUT2D eigenvalue weighted by Gasteiger charge is -2.16. The van der Waals surface area contributed by atoms with Crippen LogP contribution in [-0.2, 0) is 6.54 Å². The molecule has 0 aliphatic rings. The molecular weight excluding hydrogens is 378 g/mol. The van der Waals surface area contributed by atoms with Gasteiger partial charge in [0.25, 0.3) is 0 Å². The number of aliphatic imine (C=N–C) groups is 1. The van der Waals surface area contributed by atoms with Crippen LogP contribution in [0.25, 0.3) is 16.6 Å². The van der Waals surface area contributed by atoms with Crippen molar-refractivity contribution < 1.29 is 0 Å². The Bertz CT molecular complexity index is 1160. The van der Waals surface area contributed by atoms with Gasteiger partial charge >= 0.3 is 0 Å². The van der Waals surface area contributed by atoms with Crippen LogP contribution in [0.1, 0.15) is 22.4 Å². The maximum atomic E-state index is 6.03. The van der Waals surface area contributed by atoms with Crippen LogP contribution in [0.15, 0.2) is 84.0 Å². The summed E-state index contributed by atoms with van der Waals surface area (Å²) in [4.78, 5) is 4.59. The van der Waals surface area contributed by atoms with E-state index >= 15 is 0 Å². The van der Waals surface area contributed by atoms with Crippen molar-refractivity contribution in [1.82, 2.24) is 9.72 Å². The fourth-order valence-electron chi connectivity index (χ4n) is 3.74. The molecule has 3 nitrogen and oxygen atoms in total. The minimum absolute atomic E-state index is 0.210. The summed E-state index contributed by atoms with van der Waals surface area (Å²) < 4.78 is 2.21. The van der Waals surface area contributed by atoms with Crippen molar-refractivity contribution in [2.24, 2.45) is 4.99 Å². The van der Waals surface area contributed by atoms with Crippen molar-refractivity contribution in [3.63, 3.8) is 0 Å². The van der Waals surface area contributed by atoms with E-state index in [0.29, 0.717) is 6.54 Å². The number of fused-ring (bicyclic) bond motifs is 1. The number of aromatic nitrogens is 1. The van der Waals surface area contributed by atoms with Crippen molar-refractivity contribution in [1.29, 1.82) is 0 Å². The number of nitrogens with zero attached hydrogens (tertiary/aromatic N) is 2. The Kier molecular flexibility index (Phi) is 5.68. The van der Waals surface area contributed by atoms with Crippen LogP contribution in [0, 0.1) is 13.8 Å². The maximum absolute atomic E-state index is 6.03. The number of alkyl halides is 1. The molecule has 0 fully saturated rings. The molecule has 4 heteroatoms. The van der Waals surface area contributed by atoms with Crippen LogP contribution in [0.2, 0.25) is 0 Å². The second kappa shape index (κ2) is 8.54. The molecule has 2 heterocycles. The summed E-state index contributed by atoms with van der Waals surface area (Å²) in [5.74, 6) is 0.823. The van der Waals surface area contributed by atoms with Crippen LogP contribution in [0.4, 0.5) is 0 Å².